The maximum atomic E-state index is 12.4. The molecule has 1 heterocycles. The molecule has 1 aromatic heterocycles. The number of nitrogens with zero attached hydrogens (tertiary/aromatic N) is 3. The zero-order valence-corrected chi connectivity index (χ0v) is 13.6. The summed E-state index contributed by atoms with van der Waals surface area (Å²) in [6, 6.07) is 5.98. The minimum absolute atomic E-state index is 0.0250. The molecule has 2 aromatic rings. The third kappa shape index (κ3) is 3.64. The van der Waals surface area contributed by atoms with E-state index in [1.165, 1.54) is 11.8 Å². The lowest BCUT2D eigenvalue weighted by Gasteiger charge is -2.15. The predicted octanol–water partition coefficient (Wildman–Crippen LogP) is 3.03. The first kappa shape index (κ1) is 15.6. The van der Waals surface area contributed by atoms with Crippen molar-refractivity contribution in [2.24, 2.45) is 0 Å². The van der Waals surface area contributed by atoms with Crippen molar-refractivity contribution in [2.45, 2.75) is 44.6 Å². The average Bonchev–Trinajstić information content (AvgIpc) is 2.90. The summed E-state index contributed by atoms with van der Waals surface area (Å²) in [7, 11) is 0. The van der Waals surface area contributed by atoms with Crippen LogP contribution >= 0.6 is 11.8 Å². The Hall–Kier alpha value is -1.82. The van der Waals surface area contributed by atoms with Crippen LogP contribution in [0.5, 0.6) is 0 Å². The van der Waals surface area contributed by atoms with Gasteiger partial charge in [-0.15, -0.1) is 10.2 Å². The van der Waals surface area contributed by atoms with E-state index >= 15 is 0 Å². The van der Waals surface area contributed by atoms with Gasteiger partial charge < -0.3 is 9.88 Å². The van der Waals surface area contributed by atoms with Gasteiger partial charge in [-0.1, -0.05) is 30.0 Å². The van der Waals surface area contributed by atoms with E-state index < -0.39 is 0 Å². The molecule has 1 atom stereocenters. The Morgan fingerprint density at radius 2 is 2.05 bits per heavy atom. The number of aryl methyl sites for hydroxylation is 3. The number of carbonyl (C=O) groups is 1. The van der Waals surface area contributed by atoms with Gasteiger partial charge in [0.15, 0.2) is 5.16 Å². The van der Waals surface area contributed by atoms with E-state index in [0.29, 0.717) is 0 Å². The first-order valence-corrected chi connectivity index (χ1v) is 7.82. The van der Waals surface area contributed by atoms with E-state index in [1.54, 1.807) is 6.33 Å². The second-order valence-electron chi connectivity index (χ2n) is 4.92. The Labute approximate surface area is 129 Å². The number of hydrogen-bond acceptors (Lipinski definition) is 4. The molecule has 0 aliphatic heterocycles. The summed E-state index contributed by atoms with van der Waals surface area (Å²) >= 11 is 1.42. The fourth-order valence-corrected chi connectivity index (χ4v) is 2.89. The Morgan fingerprint density at radius 3 is 2.67 bits per heavy atom. The summed E-state index contributed by atoms with van der Waals surface area (Å²) in [5, 5.41) is 11.5. The second kappa shape index (κ2) is 6.76. The highest BCUT2D eigenvalue weighted by Gasteiger charge is 2.18. The van der Waals surface area contributed by atoms with Crippen molar-refractivity contribution in [2.75, 3.05) is 5.32 Å². The van der Waals surface area contributed by atoms with Crippen molar-refractivity contribution in [1.82, 2.24) is 14.8 Å². The summed E-state index contributed by atoms with van der Waals surface area (Å²) in [4.78, 5) is 12.4. The number of rotatable bonds is 5. The molecule has 2 rings (SSSR count). The first-order valence-electron chi connectivity index (χ1n) is 6.94. The third-order valence-corrected chi connectivity index (χ3v) is 4.40. The lowest BCUT2D eigenvalue weighted by molar-refractivity contribution is -0.115. The zero-order chi connectivity index (χ0) is 15.4. The molecule has 0 aliphatic carbocycles. The highest BCUT2D eigenvalue weighted by molar-refractivity contribution is 8.00. The van der Waals surface area contributed by atoms with Gasteiger partial charge in [0.2, 0.25) is 5.91 Å². The Kier molecular flexibility index (Phi) is 5.01. The molecule has 0 radical (unpaired) electrons. The number of thioether (sulfide) groups is 1. The number of para-hydroxylation sites is 1. The number of hydrogen-bond donors (Lipinski definition) is 1. The Morgan fingerprint density at radius 1 is 1.38 bits per heavy atom. The zero-order valence-electron chi connectivity index (χ0n) is 12.8. The third-order valence-electron chi connectivity index (χ3n) is 3.30. The summed E-state index contributed by atoms with van der Waals surface area (Å²) < 4.78 is 1.92. The maximum Gasteiger partial charge on any atom is 0.237 e. The van der Waals surface area contributed by atoms with Gasteiger partial charge in [0.1, 0.15) is 6.33 Å². The Balaban J connectivity index is 2.06. The van der Waals surface area contributed by atoms with Crippen LogP contribution in [0.4, 0.5) is 5.69 Å². The molecule has 112 valence electrons. The van der Waals surface area contributed by atoms with E-state index in [-0.39, 0.29) is 11.2 Å². The van der Waals surface area contributed by atoms with Crippen LogP contribution in [0.3, 0.4) is 0 Å². The molecule has 5 nitrogen and oxygen atoms in total. The lowest BCUT2D eigenvalue weighted by atomic mass is 10.1. The first-order chi connectivity index (χ1) is 10.0. The standard InChI is InChI=1S/C15H20N4OS/c1-5-19-9-16-18-15(19)21-12(4)14(20)17-13-10(2)7-6-8-11(13)3/h6-9,12H,5H2,1-4H3,(H,17,20)/t12-/m0/s1. The molecule has 6 heteroatoms. The van der Waals surface area contributed by atoms with E-state index in [4.69, 9.17) is 0 Å². The molecule has 0 fully saturated rings. The van der Waals surface area contributed by atoms with Gasteiger partial charge in [-0.3, -0.25) is 4.79 Å². The number of benzene rings is 1. The normalized spacial score (nSPS) is 12.2. The molecule has 0 spiro atoms. The number of carbonyl (C=O) groups excluding carboxylic acids is 1. The van der Waals surface area contributed by atoms with E-state index in [0.717, 1.165) is 28.5 Å². The summed E-state index contributed by atoms with van der Waals surface area (Å²) in [6.07, 6.45) is 1.68. The lowest BCUT2D eigenvalue weighted by Crippen LogP contribution is -2.23. The molecular formula is C15H20N4OS. The quantitative estimate of drug-likeness (QED) is 0.863. The SMILES string of the molecule is CCn1cnnc1S[C@@H](C)C(=O)Nc1c(C)cccc1C. The van der Waals surface area contributed by atoms with Crippen molar-refractivity contribution in [3.05, 3.63) is 35.7 Å². The van der Waals surface area contributed by atoms with Crippen molar-refractivity contribution in [1.29, 1.82) is 0 Å². The highest BCUT2D eigenvalue weighted by atomic mass is 32.2. The van der Waals surface area contributed by atoms with E-state index in [1.807, 2.05) is 50.5 Å². The number of aromatic nitrogens is 3. The predicted molar refractivity (Wildman–Crippen MR) is 85.6 cm³/mol. The molecule has 1 amide bonds. The van der Waals surface area contributed by atoms with Crippen molar-refractivity contribution >= 4 is 23.4 Å². The maximum absolute atomic E-state index is 12.4. The second-order valence-corrected chi connectivity index (χ2v) is 6.22. The summed E-state index contributed by atoms with van der Waals surface area (Å²) in [6.45, 7) is 8.68. The monoisotopic (exact) mass is 304 g/mol. The van der Waals surface area contributed by atoms with Crippen molar-refractivity contribution in [3.8, 4) is 0 Å². The van der Waals surface area contributed by atoms with E-state index in [9.17, 15) is 4.79 Å². The van der Waals surface area contributed by atoms with Crippen LogP contribution in [0.1, 0.15) is 25.0 Å². The molecule has 0 unspecified atom stereocenters. The minimum Gasteiger partial charge on any atom is -0.325 e. The average molecular weight is 304 g/mol. The van der Waals surface area contributed by atoms with Gasteiger partial charge in [-0.2, -0.15) is 0 Å². The number of anilines is 1. The minimum atomic E-state index is -0.237. The number of amides is 1. The van der Waals surface area contributed by atoms with Gasteiger partial charge in [-0.05, 0) is 38.8 Å². The van der Waals surface area contributed by atoms with Crippen LogP contribution in [-0.2, 0) is 11.3 Å². The molecule has 1 aromatic carbocycles. The van der Waals surface area contributed by atoms with Crippen LogP contribution in [-0.4, -0.2) is 25.9 Å². The molecular weight excluding hydrogens is 284 g/mol. The smallest absolute Gasteiger partial charge is 0.237 e. The van der Waals surface area contributed by atoms with E-state index in [2.05, 4.69) is 15.5 Å². The molecule has 21 heavy (non-hydrogen) atoms. The van der Waals surface area contributed by atoms with Crippen LogP contribution < -0.4 is 5.32 Å². The largest absolute Gasteiger partial charge is 0.325 e. The number of nitrogens with one attached hydrogen (secondary N) is 1. The van der Waals surface area contributed by atoms with Gasteiger partial charge in [-0.25, -0.2) is 0 Å². The van der Waals surface area contributed by atoms with Gasteiger partial charge in [0.05, 0.1) is 5.25 Å². The van der Waals surface area contributed by atoms with Gasteiger partial charge in [0, 0.05) is 12.2 Å². The van der Waals surface area contributed by atoms with Gasteiger partial charge >= 0.3 is 0 Å². The molecule has 0 aliphatic rings. The summed E-state index contributed by atoms with van der Waals surface area (Å²) in [5.41, 5.74) is 3.03. The molecule has 0 saturated carbocycles. The molecule has 1 N–H and O–H groups in total. The van der Waals surface area contributed by atoms with Crippen LogP contribution in [0.2, 0.25) is 0 Å². The fourth-order valence-electron chi connectivity index (χ4n) is 2.00. The van der Waals surface area contributed by atoms with Crippen LogP contribution in [0.25, 0.3) is 0 Å². The Bertz CT molecular complexity index is 618. The van der Waals surface area contributed by atoms with Gasteiger partial charge in [0.25, 0.3) is 0 Å². The fraction of sp³-hybridized carbons (Fsp3) is 0.400. The molecule has 0 bridgehead atoms. The van der Waals surface area contributed by atoms with Crippen molar-refractivity contribution in [3.63, 3.8) is 0 Å². The summed E-state index contributed by atoms with van der Waals surface area (Å²) in [5.74, 6) is -0.0250. The topological polar surface area (TPSA) is 59.8 Å². The molecule has 0 saturated heterocycles. The van der Waals surface area contributed by atoms with Crippen LogP contribution in [0, 0.1) is 13.8 Å². The highest BCUT2D eigenvalue weighted by Crippen LogP contribution is 2.24. The van der Waals surface area contributed by atoms with Crippen molar-refractivity contribution < 1.29 is 4.79 Å². The van der Waals surface area contributed by atoms with Crippen LogP contribution in [0.15, 0.2) is 29.7 Å².